The van der Waals surface area contributed by atoms with Crippen molar-refractivity contribution in [1.29, 1.82) is 0 Å². The Balaban J connectivity index is 2.12. The van der Waals surface area contributed by atoms with Crippen LogP contribution in [0.25, 0.3) is 0 Å². The number of nitrogens with zero attached hydrogens (tertiary/aromatic N) is 2. The fourth-order valence-electron chi connectivity index (χ4n) is 1.95. The highest BCUT2D eigenvalue weighted by Crippen LogP contribution is 2.27. The molecule has 1 amide bonds. The third kappa shape index (κ3) is 4.85. The maximum atomic E-state index is 12.3. The van der Waals surface area contributed by atoms with E-state index in [0.717, 1.165) is 4.31 Å². The van der Waals surface area contributed by atoms with E-state index in [2.05, 4.69) is 10.5 Å². The van der Waals surface area contributed by atoms with Crippen LogP contribution in [0.2, 0.25) is 5.02 Å². The van der Waals surface area contributed by atoms with Gasteiger partial charge in [-0.1, -0.05) is 16.8 Å². The maximum absolute atomic E-state index is 12.3. The van der Waals surface area contributed by atoms with Gasteiger partial charge in [-0.25, -0.2) is 17.5 Å². The summed E-state index contributed by atoms with van der Waals surface area (Å²) in [6, 6.07) is 5.39. The van der Waals surface area contributed by atoms with E-state index in [1.807, 2.05) is 0 Å². The number of carbonyl (C=O) groups excluding carboxylic acids is 2. The number of nitrogens with one attached hydrogen (secondary N) is 1. The Morgan fingerprint density at radius 3 is 2.52 bits per heavy atom. The average molecular weight is 416 g/mol. The van der Waals surface area contributed by atoms with Gasteiger partial charge in [-0.3, -0.25) is 4.79 Å². The molecule has 2 rings (SSSR count). The Kier molecular flexibility index (Phi) is 6.24. The minimum absolute atomic E-state index is 0.0156. The number of ether oxygens (including phenoxy) is 1. The first kappa shape index (κ1) is 20.9. The maximum Gasteiger partial charge on any atom is 0.377 e. The van der Waals surface area contributed by atoms with Crippen LogP contribution in [0, 0.1) is 6.92 Å². The zero-order valence-electron chi connectivity index (χ0n) is 15.0. The smallest absolute Gasteiger partial charge is 0.377 e. The Bertz CT molecular complexity index is 970. The molecule has 0 saturated carbocycles. The highest BCUT2D eigenvalue weighted by Gasteiger charge is 2.24. The van der Waals surface area contributed by atoms with Crippen molar-refractivity contribution in [3.63, 3.8) is 0 Å². The van der Waals surface area contributed by atoms with Crippen molar-refractivity contribution in [2.75, 3.05) is 19.4 Å². The van der Waals surface area contributed by atoms with Gasteiger partial charge >= 0.3 is 5.97 Å². The lowest BCUT2D eigenvalue weighted by Gasteiger charge is -2.15. The molecule has 0 saturated heterocycles. The fraction of sp³-hybridized carbons (Fsp3) is 0.312. The number of hydrogen-bond donors (Lipinski definition) is 1. The minimum atomic E-state index is -3.79. The van der Waals surface area contributed by atoms with Crippen molar-refractivity contribution >= 4 is 39.2 Å². The summed E-state index contributed by atoms with van der Waals surface area (Å²) in [6.45, 7) is 3.00. The van der Waals surface area contributed by atoms with E-state index in [-0.39, 0.29) is 21.4 Å². The lowest BCUT2D eigenvalue weighted by atomic mass is 10.3. The number of esters is 1. The molecule has 1 N–H and O–H groups in total. The van der Waals surface area contributed by atoms with Crippen LogP contribution in [-0.2, 0) is 19.6 Å². The van der Waals surface area contributed by atoms with Gasteiger partial charge in [0.05, 0.1) is 10.7 Å². The number of benzene rings is 1. The van der Waals surface area contributed by atoms with E-state index in [1.165, 1.54) is 45.3 Å². The van der Waals surface area contributed by atoms with Gasteiger partial charge in [0.2, 0.25) is 15.8 Å². The number of carbonyl (C=O) groups is 2. The molecule has 1 atom stereocenters. The Labute approximate surface area is 161 Å². The molecule has 0 aliphatic rings. The van der Waals surface area contributed by atoms with Gasteiger partial charge in [0, 0.05) is 25.8 Å². The molecule has 1 aromatic heterocycles. The molecule has 9 nitrogen and oxygen atoms in total. The number of aromatic nitrogens is 1. The van der Waals surface area contributed by atoms with Crippen LogP contribution in [-0.4, -0.2) is 50.0 Å². The number of halogens is 1. The zero-order chi connectivity index (χ0) is 20.4. The van der Waals surface area contributed by atoms with Gasteiger partial charge in [0.15, 0.2) is 6.10 Å². The molecule has 0 aliphatic heterocycles. The van der Waals surface area contributed by atoms with E-state index in [0.29, 0.717) is 5.69 Å². The summed E-state index contributed by atoms with van der Waals surface area (Å²) in [6.07, 6.45) is -1.16. The molecule has 0 bridgehead atoms. The van der Waals surface area contributed by atoms with Crippen LogP contribution < -0.4 is 5.32 Å². The number of rotatable bonds is 6. The first-order valence-electron chi connectivity index (χ1n) is 7.69. The van der Waals surface area contributed by atoms with Gasteiger partial charge in [0.25, 0.3) is 5.91 Å². The largest absolute Gasteiger partial charge is 0.447 e. The van der Waals surface area contributed by atoms with E-state index in [4.69, 9.17) is 20.9 Å². The average Bonchev–Trinajstić information content (AvgIpc) is 3.02. The number of amides is 1. The number of sulfonamides is 1. The van der Waals surface area contributed by atoms with E-state index in [1.54, 1.807) is 6.92 Å². The van der Waals surface area contributed by atoms with Crippen LogP contribution in [0.1, 0.15) is 23.2 Å². The first-order chi connectivity index (χ1) is 12.5. The third-order valence-corrected chi connectivity index (χ3v) is 5.74. The molecule has 27 heavy (non-hydrogen) atoms. The van der Waals surface area contributed by atoms with Gasteiger partial charge in [0.1, 0.15) is 4.90 Å². The van der Waals surface area contributed by atoms with Gasteiger partial charge in [-0.15, -0.1) is 0 Å². The van der Waals surface area contributed by atoms with E-state index >= 15 is 0 Å². The molecule has 0 aliphatic carbocycles. The van der Waals surface area contributed by atoms with Crippen LogP contribution >= 0.6 is 11.6 Å². The molecule has 146 valence electrons. The fourth-order valence-corrected chi connectivity index (χ4v) is 3.35. The number of aryl methyl sites for hydroxylation is 1. The van der Waals surface area contributed by atoms with Crippen molar-refractivity contribution in [3.8, 4) is 0 Å². The molecule has 1 heterocycles. The number of anilines is 1. The lowest BCUT2D eigenvalue weighted by Crippen LogP contribution is -2.30. The topological polar surface area (TPSA) is 119 Å². The molecule has 0 spiro atoms. The molecule has 1 aromatic carbocycles. The van der Waals surface area contributed by atoms with Crippen molar-refractivity contribution < 1.29 is 27.3 Å². The van der Waals surface area contributed by atoms with E-state index in [9.17, 15) is 18.0 Å². The Morgan fingerprint density at radius 1 is 1.30 bits per heavy atom. The quantitative estimate of drug-likeness (QED) is 0.717. The predicted molar refractivity (Wildman–Crippen MR) is 97.1 cm³/mol. The van der Waals surface area contributed by atoms with Crippen LogP contribution in [0.3, 0.4) is 0 Å². The summed E-state index contributed by atoms with van der Waals surface area (Å²) in [5, 5.41) is 6.06. The second kappa shape index (κ2) is 8.07. The minimum Gasteiger partial charge on any atom is -0.447 e. The monoisotopic (exact) mass is 415 g/mol. The highest BCUT2D eigenvalue weighted by molar-refractivity contribution is 7.89. The summed E-state index contributed by atoms with van der Waals surface area (Å²) in [7, 11) is -1.06. The molecular weight excluding hydrogens is 398 g/mol. The normalized spacial score (nSPS) is 12.7. The first-order valence-corrected chi connectivity index (χ1v) is 9.51. The van der Waals surface area contributed by atoms with Crippen molar-refractivity contribution in [2.45, 2.75) is 24.8 Å². The second-order valence-corrected chi connectivity index (χ2v) is 8.33. The summed E-state index contributed by atoms with van der Waals surface area (Å²) in [5.41, 5.74) is 0.679. The van der Waals surface area contributed by atoms with Crippen LogP contribution in [0.4, 0.5) is 5.69 Å². The van der Waals surface area contributed by atoms with Crippen LogP contribution in [0.15, 0.2) is 33.7 Å². The Hall–Kier alpha value is -2.43. The molecular formula is C16H18ClN3O6S. The third-order valence-electron chi connectivity index (χ3n) is 3.44. The zero-order valence-corrected chi connectivity index (χ0v) is 16.6. The SMILES string of the molecule is Cc1cc(C(=O)O[C@H](C)C(=O)Nc2ccc(Cl)c(S(=O)(=O)N(C)C)c2)on1. The van der Waals surface area contributed by atoms with E-state index < -0.39 is 28.0 Å². The molecule has 0 fully saturated rings. The summed E-state index contributed by atoms with van der Waals surface area (Å²) in [5.74, 6) is -1.63. The highest BCUT2D eigenvalue weighted by atomic mass is 35.5. The van der Waals surface area contributed by atoms with Crippen molar-refractivity contribution in [3.05, 3.63) is 40.7 Å². The molecule has 0 radical (unpaired) electrons. The molecule has 11 heteroatoms. The van der Waals surface area contributed by atoms with Gasteiger partial charge in [-0.05, 0) is 32.0 Å². The van der Waals surface area contributed by atoms with Crippen molar-refractivity contribution in [2.24, 2.45) is 0 Å². The Morgan fingerprint density at radius 2 is 1.96 bits per heavy atom. The van der Waals surface area contributed by atoms with Gasteiger partial charge < -0.3 is 14.6 Å². The summed E-state index contributed by atoms with van der Waals surface area (Å²) < 4.78 is 35.3. The van der Waals surface area contributed by atoms with Gasteiger partial charge in [-0.2, -0.15) is 0 Å². The number of hydrogen-bond acceptors (Lipinski definition) is 7. The summed E-state index contributed by atoms with van der Waals surface area (Å²) >= 11 is 5.96. The second-order valence-electron chi connectivity index (χ2n) is 5.80. The standard InChI is InChI=1S/C16H18ClN3O6S/c1-9-7-13(26-19-9)16(22)25-10(2)15(21)18-11-5-6-12(17)14(8-11)27(23,24)20(3)4/h5-8,10H,1-4H3,(H,18,21)/t10-/m1/s1. The molecule has 2 aromatic rings. The lowest BCUT2D eigenvalue weighted by molar-refractivity contribution is -0.123. The van der Waals surface area contributed by atoms with Crippen molar-refractivity contribution in [1.82, 2.24) is 9.46 Å². The molecule has 0 unspecified atom stereocenters. The predicted octanol–water partition coefficient (Wildman–Crippen LogP) is 2.07. The summed E-state index contributed by atoms with van der Waals surface area (Å²) in [4.78, 5) is 24.0. The van der Waals surface area contributed by atoms with Crippen LogP contribution in [0.5, 0.6) is 0 Å².